The lowest BCUT2D eigenvalue weighted by atomic mass is 10.2. The predicted molar refractivity (Wildman–Crippen MR) is 89.8 cm³/mol. The molecule has 1 atom stereocenters. The van der Waals surface area contributed by atoms with Crippen molar-refractivity contribution in [3.05, 3.63) is 40.8 Å². The Hall–Kier alpha value is -1.99. The molecular weight excluding hydrogens is 316 g/mol. The molecule has 3 aromatic rings. The van der Waals surface area contributed by atoms with E-state index in [1.807, 2.05) is 35.8 Å². The maximum absolute atomic E-state index is 12.4. The molecular formula is C15H14N4OS2. The number of benzene rings is 1. The van der Waals surface area contributed by atoms with Crippen LogP contribution in [0.4, 0.5) is 5.13 Å². The number of aromatic nitrogens is 2. The zero-order chi connectivity index (χ0) is 14.9. The highest BCUT2D eigenvalue weighted by Crippen LogP contribution is 2.24. The fourth-order valence-corrected chi connectivity index (χ4v) is 4.19. The van der Waals surface area contributed by atoms with Crippen LogP contribution >= 0.6 is 22.7 Å². The van der Waals surface area contributed by atoms with Gasteiger partial charge in [0.2, 0.25) is 0 Å². The van der Waals surface area contributed by atoms with Gasteiger partial charge in [-0.3, -0.25) is 4.79 Å². The van der Waals surface area contributed by atoms with E-state index >= 15 is 0 Å². The Morgan fingerprint density at radius 2 is 2.27 bits per heavy atom. The van der Waals surface area contributed by atoms with Gasteiger partial charge in [-0.2, -0.15) is 0 Å². The standard InChI is InChI=1S/C15H14N4OS2/c20-13(14-18-11-3-1-2-4-12(11)22-14)17-10-5-7-19(9-10)15-16-6-8-21-15/h1-4,6,8,10H,5,7,9H2,(H,17,20). The smallest absolute Gasteiger partial charge is 0.280 e. The third kappa shape index (κ3) is 2.57. The molecule has 5 nitrogen and oxygen atoms in total. The van der Waals surface area contributed by atoms with Crippen LogP contribution in [0.5, 0.6) is 0 Å². The van der Waals surface area contributed by atoms with Gasteiger partial charge in [0.05, 0.1) is 10.2 Å². The second kappa shape index (κ2) is 5.66. The van der Waals surface area contributed by atoms with Crippen LogP contribution in [0, 0.1) is 0 Å². The van der Waals surface area contributed by atoms with Gasteiger partial charge in [0.25, 0.3) is 5.91 Å². The second-order valence-electron chi connectivity index (χ2n) is 5.21. The largest absolute Gasteiger partial charge is 0.346 e. The van der Waals surface area contributed by atoms with Crippen molar-refractivity contribution >= 4 is 43.9 Å². The van der Waals surface area contributed by atoms with E-state index in [1.165, 1.54) is 11.3 Å². The minimum absolute atomic E-state index is 0.0767. The zero-order valence-electron chi connectivity index (χ0n) is 11.7. The molecule has 1 fully saturated rings. The Kier molecular flexibility index (Phi) is 3.51. The van der Waals surface area contributed by atoms with Gasteiger partial charge < -0.3 is 10.2 Å². The maximum atomic E-state index is 12.4. The molecule has 1 aromatic carbocycles. The molecule has 1 amide bonds. The van der Waals surface area contributed by atoms with Crippen molar-refractivity contribution in [1.29, 1.82) is 0 Å². The number of anilines is 1. The molecule has 22 heavy (non-hydrogen) atoms. The van der Waals surface area contributed by atoms with Crippen molar-refractivity contribution < 1.29 is 4.79 Å². The lowest BCUT2D eigenvalue weighted by molar-refractivity contribution is 0.0940. The zero-order valence-corrected chi connectivity index (χ0v) is 13.4. The summed E-state index contributed by atoms with van der Waals surface area (Å²) >= 11 is 3.07. The van der Waals surface area contributed by atoms with Crippen molar-refractivity contribution in [2.45, 2.75) is 12.5 Å². The Labute approximate surface area is 135 Å². The van der Waals surface area contributed by atoms with Crippen LogP contribution in [0.1, 0.15) is 16.2 Å². The number of fused-ring (bicyclic) bond motifs is 1. The summed E-state index contributed by atoms with van der Waals surface area (Å²) < 4.78 is 1.04. The Morgan fingerprint density at radius 3 is 3.09 bits per heavy atom. The maximum Gasteiger partial charge on any atom is 0.280 e. The van der Waals surface area contributed by atoms with Gasteiger partial charge in [-0.1, -0.05) is 12.1 Å². The van der Waals surface area contributed by atoms with Crippen molar-refractivity contribution in [3.63, 3.8) is 0 Å². The molecule has 2 aromatic heterocycles. The van der Waals surface area contributed by atoms with Crippen molar-refractivity contribution in [2.75, 3.05) is 18.0 Å². The van der Waals surface area contributed by atoms with Crippen LogP contribution in [0.15, 0.2) is 35.8 Å². The number of thiazole rings is 2. The summed E-state index contributed by atoms with van der Waals surface area (Å²) in [6.45, 7) is 1.74. The van der Waals surface area contributed by atoms with E-state index in [0.717, 1.165) is 34.9 Å². The molecule has 1 unspecified atom stereocenters. The van der Waals surface area contributed by atoms with Gasteiger partial charge in [-0.25, -0.2) is 9.97 Å². The van der Waals surface area contributed by atoms with E-state index in [9.17, 15) is 4.79 Å². The summed E-state index contributed by atoms with van der Waals surface area (Å²) in [5.41, 5.74) is 0.883. The number of para-hydroxylation sites is 1. The number of amides is 1. The molecule has 1 saturated heterocycles. The van der Waals surface area contributed by atoms with Gasteiger partial charge in [-0.05, 0) is 18.6 Å². The van der Waals surface area contributed by atoms with E-state index in [2.05, 4.69) is 20.2 Å². The van der Waals surface area contributed by atoms with Crippen LogP contribution in [-0.4, -0.2) is 35.0 Å². The number of rotatable bonds is 3. The lowest BCUT2D eigenvalue weighted by Gasteiger charge is -2.15. The first kappa shape index (κ1) is 13.7. The molecule has 0 saturated carbocycles. The van der Waals surface area contributed by atoms with Gasteiger partial charge in [0, 0.05) is 30.7 Å². The van der Waals surface area contributed by atoms with Gasteiger partial charge in [0.1, 0.15) is 0 Å². The van der Waals surface area contributed by atoms with Gasteiger partial charge >= 0.3 is 0 Å². The summed E-state index contributed by atoms with van der Waals surface area (Å²) in [4.78, 5) is 23.3. The molecule has 0 spiro atoms. The fourth-order valence-electron chi connectivity index (χ4n) is 2.64. The number of hydrogen-bond acceptors (Lipinski definition) is 6. The summed E-state index contributed by atoms with van der Waals surface area (Å²) in [6.07, 6.45) is 2.75. The number of carbonyl (C=O) groups is 1. The predicted octanol–water partition coefficient (Wildman–Crippen LogP) is 2.76. The van der Waals surface area contributed by atoms with Crippen LogP contribution in [-0.2, 0) is 0 Å². The Morgan fingerprint density at radius 1 is 1.36 bits per heavy atom. The Bertz CT molecular complexity index is 766. The number of nitrogens with zero attached hydrogens (tertiary/aromatic N) is 3. The minimum Gasteiger partial charge on any atom is -0.346 e. The quantitative estimate of drug-likeness (QED) is 0.802. The summed E-state index contributed by atoms with van der Waals surface area (Å²) in [6, 6.07) is 7.98. The Balaban J connectivity index is 1.44. The summed E-state index contributed by atoms with van der Waals surface area (Å²) in [7, 11) is 0. The molecule has 3 heterocycles. The van der Waals surface area contributed by atoms with E-state index in [0.29, 0.717) is 5.01 Å². The molecule has 1 N–H and O–H groups in total. The van der Waals surface area contributed by atoms with Crippen molar-refractivity contribution in [3.8, 4) is 0 Å². The first-order valence-corrected chi connectivity index (χ1v) is 8.80. The fraction of sp³-hybridized carbons (Fsp3) is 0.267. The molecule has 7 heteroatoms. The van der Waals surface area contributed by atoms with E-state index < -0.39 is 0 Å². The first-order chi connectivity index (χ1) is 10.8. The van der Waals surface area contributed by atoms with Crippen molar-refractivity contribution in [2.24, 2.45) is 0 Å². The minimum atomic E-state index is -0.0767. The molecule has 1 aliphatic heterocycles. The van der Waals surface area contributed by atoms with Crippen LogP contribution < -0.4 is 10.2 Å². The average molecular weight is 330 g/mol. The number of nitrogens with one attached hydrogen (secondary N) is 1. The second-order valence-corrected chi connectivity index (χ2v) is 7.11. The monoisotopic (exact) mass is 330 g/mol. The van der Waals surface area contributed by atoms with Crippen LogP contribution in [0.25, 0.3) is 10.2 Å². The molecule has 0 aliphatic carbocycles. The van der Waals surface area contributed by atoms with Gasteiger partial charge in [0.15, 0.2) is 10.1 Å². The first-order valence-electron chi connectivity index (χ1n) is 7.10. The third-order valence-corrected chi connectivity index (χ3v) is 5.57. The SMILES string of the molecule is O=C(NC1CCN(c2nccs2)C1)c1nc2ccccc2s1. The highest BCUT2D eigenvalue weighted by atomic mass is 32.1. The normalized spacial score (nSPS) is 18.0. The van der Waals surface area contributed by atoms with Gasteiger partial charge in [-0.15, -0.1) is 22.7 Å². The molecule has 112 valence electrons. The van der Waals surface area contributed by atoms with E-state index in [-0.39, 0.29) is 11.9 Å². The molecule has 0 radical (unpaired) electrons. The molecule has 0 bridgehead atoms. The lowest BCUT2D eigenvalue weighted by Crippen LogP contribution is -2.37. The third-order valence-electron chi connectivity index (χ3n) is 3.70. The van der Waals surface area contributed by atoms with Crippen molar-refractivity contribution in [1.82, 2.24) is 15.3 Å². The average Bonchev–Trinajstić information content (AvgIpc) is 3.26. The highest BCUT2D eigenvalue weighted by molar-refractivity contribution is 7.20. The van der Waals surface area contributed by atoms with E-state index in [4.69, 9.17) is 0 Å². The van der Waals surface area contributed by atoms with Crippen LogP contribution in [0.3, 0.4) is 0 Å². The summed E-state index contributed by atoms with van der Waals surface area (Å²) in [5.74, 6) is -0.0767. The number of carbonyl (C=O) groups excluding carboxylic acids is 1. The van der Waals surface area contributed by atoms with E-state index in [1.54, 1.807) is 11.3 Å². The highest BCUT2D eigenvalue weighted by Gasteiger charge is 2.26. The molecule has 4 rings (SSSR count). The topological polar surface area (TPSA) is 58.1 Å². The van der Waals surface area contributed by atoms with Crippen LogP contribution in [0.2, 0.25) is 0 Å². The summed E-state index contributed by atoms with van der Waals surface area (Å²) in [5, 5.41) is 6.63. The number of hydrogen-bond donors (Lipinski definition) is 1. The molecule has 1 aliphatic rings.